The summed E-state index contributed by atoms with van der Waals surface area (Å²) in [6.45, 7) is 4.40. The van der Waals surface area contributed by atoms with Crippen LogP contribution in [0.1, 0.15) is 42.2 Å². The monoisotopic (exact) mass is 431 g/mol. The minimum atomic E-state index is 0.0543. The summed E-state index contributed by atoms with van der Waals surface area (Å²) >= 11 is 3.70. The van der Waals surface area contributed by atoms with Gasteiger partial charge in [0.05, 0.1) is 11.7 Å². The van der Waals surface area contributed by atoms with Crippen LogP contribution in [0.4, 0.5) is 0 Å². The van der Waals surface area contributed by atoms with Crippen LogP contribution in [0.5, 0.6) is 0 Å². The van der Waals surface area contributed by atoms with E-state index in [0.29, 0.717) is 6.04 Å². The molecule has 152 valence electrons. The molecule has 0 aliphatic carbocycles. The molecule has 2 aromatic carbocycles. The maximum absolute atomic E-state index is 5.11. The molecule has 0 amide bonds. The van der Waals surface area contributed by atoms with Gasteiger partial charge in [0, 0.05) is 27.8 Å². The zero-order chi connectivity index (χ0) is 20.5. The molecule has 1 saturated heterocycles. The molecule has 2 aliphatic rings. The van der Waals surface area contributed by atoms with Gasteiger partial charge in [-0.3, -0.25) is 9.98 Å². The number of fused-ring (bicyclic) bond motifs is 1. The van der Waals surface area contributed by atoms with Gasteiger partial charge >= 0.3 is 0 Å². The number of rotatable bonds is 5. The predicted molar refractivity (Wildman–Crippen MR) is 127 cm³/mol. The number of aromatic nitrogens is 1. The van der Waals surface area contributed by atoms with Gasteiger partial charge in [-0.15, -0.1) is 0 Å². The van der Waals surface area contributed by atoms with Crippen LogP contribution in [0.2, 0.25) is 0 Å². The van der Waals surface area contributed by atoms with Crippen molar-refractivity contribution in [2.75, 3.05) is 5.75 Å². The number of thioether (sulfide) groups is 1. The molecular weight excluding hydrogens is 406 g/mol. The van der Waals surface area contributed by atoms with Crippen molar-refractivity contribution in [2.45, 2.75) is 48.2 Å². The average molecular weight is 432 g/mol. The first kappa shape index (κ1) is 19.7. The van der Waals surface area contributed by atoms with Gasteiger partial charge in [-0.1, -0.05) is 66.3 Å². The average Bonchev–Trinajstić information content (AvgIpc) is 3.36. The summed E-state index contributed by atoms with van der Waals surface area (Å²) in [7, 11) is 0. The van der Waals surface area contributed by atoms with E-state index in [-0.39, 0.29) is 12.1 Å². The molecule has 0 bridgehead atoms. The molecule has 0 spiro atoms. The fourth-order valence-corrected chi connectivity index (χ4v) is 6.34. The highest BCUT2D eigenvalue weighted by Crippen LogP contribution is 2.48. The first-order valence-corrected chi connectivity index (χ1v) is 12.3. The second kappa shape index (κ2) is 8.48. The van der Waals surface area contributed by atoms with E-state index in [4.69, 9.17) is 4.99 Å². The third-order valence-corrected chi connectivity index (χ3v) is 7.95. The lowest BCUT2D eigenvalue weighted by Crippen LogP contribution is -2.35. The van der Waals surface area contributed by atoms with Crippen molar-refractivity contribution < 1.29 is 0 Å². The number of aryl methyl sites for hydroxylation is 1. The van der Waals surface area contributed by atoms with Crippen LogP contribution in [0.25, 0.3) is 0 Å². The van der Waals surface area contributed by atoms with Crippen LogP contribution in [0, 0.1) is 6.92 Å². The largest absolute Gasteiger partial charge is 0.338 e. The molecule has 3 heterocycles. The number of benzene rings is 2. The molecule has 0 saturated carbocycles. The number of nitrogens with zero attached hydrogens (tertiary/aromatic N) is 3. The van der Waals surface area contributed by atoms with Crippen molar-refractivity contribution in [1.29, 1.82) is 0 Å². The van der Waals surface area contributed by atoms with E-state index >= 15 is 0 Å². The van der Waals surface area contributed by atoms with Crippen LogP contribution in [0.3, 0.4) is 0 Å². The Bertz CT molecular complexity index is 1030. The van der Waals surface area contributed by atoms with Gasteiger partial charge in [-0.25, -0.2) is 0 Å². The summed E-state index contributed by atoms with van der Waals surface area (Å²) in [6.07, 6.45) is 3.01. The second-order valence-electron chi connectivity index (χ2n) is 7.82. The van der Waals surface area contributed by atoms with Gasteiger partial charge in [0.1, 0.15) is 6.04 Å². The van der Waals surface area contributed by atoms with E-state index in [9.17, 15) is 0 Å². The summed E-state index contributed by atoms with van der Waals surface area (Å²) in [6, 6.07) is 24.7. The Morgan fingerprint density at radius 2 is 1.73 bits per heavy atom. The molecule has 5 rings (SSSR count). The minimum absolute atomic E-state index is 0.0543. The van der Waals surface area contributed by atoms with Gasteiger partial charge in [-0.05, 0) is 55.3 Å². The van der Waals surface area contributed by atoms with Crippen molar-refractivity contribution in [3.63, 3.8) is 0 Å². The van der Waals surface area contributed by atoms with Gasteiger partial charge < -0.3 is 4.90 Å². The van der Waals surface area contributed by atoms with Crippen molar-refractivity contribution >= 4 is 28.7 Å². The Kier molecular flexibility index (Phi) is 5.57. The Hall–Kier alpha value is -2.24. The zero-order valence-corrected chi connectivity index (χ0v) is 18.9. The van der Waals surface area contributed by atoms with Crippen molar-refractivity contribution in [3.05, 3.63) is 89.7 Å². The van der Waals surface area contributed by atoms with Gasteiger partial charge in [0.15, 0.2) is 5.17 Å². The standard InChI is InChI=1S/C25H25N3S2/c1-3-19-16-29-25-27-23(22-6-4-5-15-26-22)24(28(19)25)18-9-13-21(14-10-18)30-20-11-7-17(2)8-12-20/h4-15,19,23-24H,3,16H2,1-2H3/t19-,23+,24+/m1/s1. The summed E-state index contributed by atoms with van der Waals surface area (Å²) < 4.78 is 0. The Morgan fingerprint density at radius 1 is 1.00 bits per heavy atom. The first-order valence-electron chi connectivity index (χ1n) is 10.5. The highest BCUT2D eigenvalue weighted by atomic mass is 32.2. The van der Waals surface area contributed by atoms with Crippen LogP contribution in [-0.2, 0) is 0 Å². The molecule has 3 nitrogen and oxygen atoms in total. The maximum atomic E-state index is 5.11. The lowest BCUT2D eigenvalue weighted by atomic mass is 9.95. The van der Waals surface area contributed by atoms with E-state index in [2.05, 4.69) is 84.4 Å². The Morgan fingerprint density at radius 3 is 2.40 bits per heavy atom. The molecule has 1 aromatic heterocycles. The lowest BCUT2D eigenvalue weighted by Gasteiger charge is -2.32. The number of hydrogen-bond acceptors (Lipinski definition) is 5. The molecule has 30 heavy (non-hydrogen) atoms. The Labute approximate surface area is 187 Å². The topological polar surface area (TPSA) is 28.5 Å². The molecule has 3 atom stereocenters. The summed E-state index contributed by atoms with van der Waals surface area (Å²) in [5, 5.41) is 1.18. The normalized spacial score (nSPS) is 22.8. The maximum Gasteiger partial charge on any atom is 0.160 e. The molecule has 0 N–H and O–H groups in total. The summed E-state index contributed by atoms with van der Waals surface area (Å²) in [4.78, 5) is 14.8. The summed E-state index contributed by atoms with van der Waals surface area (Å²) in [5.74, 6) is 1.13. The minimum Gasteiger partial charge on any atom is -0.338 e. The highest BCUT2D eigenvalue weighted by Gasteiger charge is 2.45. The van der Waals surface area contributed by atoms with Gasteiger partial charge in [0.2, 0.25) is 0 Å². The molecule has 1 fully saturated rings. The Balaban J connectivity index is 1.44. The second-order valence-corrected chi connectivity index (χ2v) is 9.95. The van der Waals surface area contributed by atoms with E-state index in [0.717, 1.165) is 17.9 Å². The number of pyridine rings is 1. The zero-order valence-electron chi connectivity index (χ0n) is 17.2. The third kappa shape index (κ3) is 3.77. The van der Waals surface area contributed by atoms with Crippen LogP contribution < -0.4 is 0 Å². The SMILES string of the molecule is CC[C@@H]1CSC2=N[C@@H](c3ccccn3)[C@H](c3ccc(Sc4ccc(C)cc4)cc3)N21. The van der Waals surface area contributed by atoms with Gasteiger partial charge in [0.25, 0.3) is 0 Å². The quantitative estimate of drug-likeness (QED) is 0.460. The fraction of sp³-hybridized carbons (Fsp3) is 0.280. The van der Waals surface area contributed by atoms with E-state index < -0.39 is 0 Å². The number of aliphatic imine (C=N–C) groups is 1. The van der Waals surface area contributed by atoms with Gasteiger partial charge in [-0.2, -0.15) is 0 Å². The summed E-state index contributed by atoms with van der Waals surface area (Å²) in [5.41, 5.74) is 3.66. The molecule has 0 radical (unpaired) electrons. The van der Waals surface area contributed by atoms with E-state index in [1.165, 1.54) is 26.1 Å². The highest BCUT2D eigenvalue weighted by molar-refractivity contribution is 8.14. The van der Waals surface area contributed by atoms with E-state index in [1.54, 1.807) is 0 Å². The molecular formula is C25H25N3S2. The first-order chi connectivity index (χ1) is 14.7. The smallest absolute Gasteiger partial charge is 0.160 e. The van der Waals surface area contributed by atoms with Crippen molar-refractivity contribution in [2.24, 2.45) is 4.99 Å². The molecule has 0 unspecified atom stereocenters. The fourth-order valence-electron chi connectivity index (χ4n) is 4.19. The number of amidine groups is 1. The predicted octanol–water partition coefficient (Wildman–Crippen LogP) is 6.52. The van der Waals surface area contributed by atoms with Crippen LogP contribution >= 0.6 is 23.5 Å². The van der Waals surface area contributed by atoms with Crippen molar-refractivity contribution in [1.82, 2.24) is 9.88 Å². The molecule has 5 heteroatoms. The molecule has 3 aromatic rings. The third-order valence-electron chi connectivity index (χ3n) is 5.81. The van der Waals surface area contributed by atoms with Crippen LogP contribution in [0.15, 0.2) is 87.7 Å². The van der Waals surface area contributed by atoms with E-state index in [1.807, 2.05) is 35.8 Å². The van der Waals surface area contributed by atoms with Crippen molar-refractivity contribution in [3.8, 4) is 0 Å². The number of hydrogen-bond donors (Lipinski definition) is 0. The van der Waals surface area contributed by atoms with Crippen LogP contribution in [-0.4, -0.2) is 26.8 Å². The lowest BCUT2D eigenvalue weighted by molar-refractivity contribution is 0.255. The molecule has 2 aliphatic heterocycles.